The van der Waals surface area contributed by atoms with E-state index < -0.39 is 6.10 Å². The van der Waals surface area contributed by atoms with Gasteiger partial charge in [-0.1, -0.05) is 59.4 Å². The van der Waals surface area contributed by atoms with E-state index >= 15 is 0 Å². The van der Waals surface area contributed by atoms with Crippen LogP contribution in [-0.4, -0.2) is 34.6 Å². The van der Waals surface area contributed by atoms with Crippen LogP contribution in [0.25, 0.3) is 32.6 Å². The molecule has 0 bridgehead atoms. The molecule has 1 N–H and O–H groups in total. The summed E-state index contributed by atoms with van der Waals surface area (Å²) in [5, 5.41) is 16.8. The molecule has 1 saturated heterocycles. The Morgan fingerprint density at radius 2 is 1.60 bits per heavy atom. The molecule has 154 valence electrons. The first kappa shape index (κ1) is 20.3. The first-order valence-corrected chi connectivity index (χ1v) is 11.4. The fourth-order valence-electron chi connectivity index (χ4n) is 4.60. The number of nitrogens with zero attached hydrogens (tertiary/aromatic N) is 2. The molecule has 5 rings (SSSR count). The summed E-state index contributed by atoms with van der Waals surface area (Å²) >= 11 is 19.1. The molecule has 1 aliphatic rings. The Bertz CT molecular complexity index is 1270. The van der Waals surface area contributed by atoms with Gasteiger partial charge in [-0.3, -0.25) is 0 Å². The van der Waals surface area contributed by atoms with Crippen LogP contribution in [0.15, 0.2) is 42.5 Å². The minimum atomic E-state index is -0.671. The van der Waals surface area contributed by atoms with E-state index in [1.807, 2.05) is 36.4 Å². The third kappa shape index (κ3) is 3.63. The first-order chi connectivity index (χ1) is 14.5. The van der Waals surface area contributed by atoms with E-state index in [2.05, 4.69) is 4.90 Å². The molecular weight excluding hydrogens is 439 g/mol. The second kappa shape index (κ2) is 8.14. The summed E-state index contributed by atoms with van der Waals surface area (Å²) in [5.74, 6) is 0. The molecule has 0 amide bonds. The highest BCUT2D eigenvalue weighted by Gasteiger charge is 2.22. The van der Waals surface area contributed by atoms with E-state index in [-0.39, 0.29) is 0 Å². The van der Waals surface area contributed by atoms with Gasteiger partial charge in [0.05, 0.1) is 22.2 Å². The van der Waals surface area contributed by atoms with Crippen LogP contribution in [0.5, 0.6) is 0 Å². The summed E-state index contributed by atoms with van der Waals surface area (Å²) in [4.78, 5) is 7.24. The topological polar surface area (TPSA) is 36.4 Å². The van der Waals surface area contributed by atoms with Crippen molar-refractivity contribution in [1.82, 2.24) is 9.88 Å². The van der Waals surface area contributed by atoms with Gasteiger partial charge in [0.15, 0.2) is 0 Å². The highest BCUT2D eigenvalue weighted by Crippen LogP contribution is 2.39. The molecule has 4 aromatic rings. The highest BCUT2D eigenvalue weighted by molar-refractivity contribution is 6.39. The van der Waals surface area contributed by atoms with Crippen molar-refractivity contribution in [3.05, 3.63) is 63.1 Å². The van der Waals surface area contributed by atoms with Crippen molar-refractivity contribution in [1.29, 1.82) is 0 Å². The zero-order valence-electron chi connectivity index (χ0n) is 16.3. The number of rotatable bonds is 3. The number of aromatic nitrogens is 1. The molecular formula is C24H21Cl3N2O. The number of hydrogen-bond acceptors (Lipinski definition) is 3. The molecule has 0 saturated carbocycles. The molecule has 1 atom stereocenters. The van der Waals surface area contributed by atoms with Crippen LogP contribution in [0.2, 0.25) is 15.1 Å². The van der Waals surface area contributed by atoms with Gasteiger partial charge in [0, 0.05) is 38.3 Å². The SMILES string of the molecule is OC(CN1CCCCC1)c1c2cc(Cl)cc(Cl)c2nc2c1ccc1cc(Cl)ccc12. The predicted molar refractivity (Wildman–Crippen MR) is 127 cm³/mol. The van der Waals surface area contributed by atoms with E-state index in [1.165, 1.54) is 19.3 Å². The minimum Gasteiger partial charge on any atom is -0.387 e. The molecule has 0 spiro atoms. The molecule has 2 heterocycles. The standard InChI is InChI=1S/C24H21Cl3N2O/c25-15-5-7-17-14(10-15)4-6-18-22(21(30)13-29-8-2-1-3-9-29)19-11-16(26)12-20(27)24(19)28-23(17)18/h4-7,10-12,21,30H,1-3,8-9,13H2. The van der Waals surface area contributed by atoms with E-state index in [4.69, 9.17) is 39.8 Å². The monoisotopic (exact) mass is 458 g/mol. The summed E-state index contributed by atoms with van der Waals surface area (Å²) in [6.45, 7) is 2.61. The van der Waals surface area contributed by atoms with Gasteiger partial charge in [0.25, 0.3) is 0 Å². The summed E-state index contributed by atoms with van der Waals surface area (Å²) in [6.07, 6.45) is 2.93. The van der Waals surface area contributed by atoms with Crippen LogP contribution in [0.4, 0.5) is 0 Å². The Labute approximate surface area is 190 Å². The zero-order valence-corrected chi connectivity index (χ0v) is 18.6. The van der Waals surface area contributed by atoms with Crippen molar-refractivity contribution in [2.45, 2.75) is 25.4 Å². The number of hydrogen-bond donors (Lipinski definition) is 1. The maximum absolute atomic E-state index is 11.4. The molecule has 30 heavy (non-hydrogen) atoms. The maximum atomic E-state index is 11.4. The number of aliphatic hydroxyl groups is 1. The lowest BCUT2D eigenvalue weighted by atomic mass is 9.95. The third-order valence-electron chi connectivity index (χ3n) is 6.00. The smallest absolute Gasteiger partial charge is 0.0930 e. The molecule has 1 fully saturated rings. The quantitative estimate of drug-likeness (QED) is 0.264. The van der Waals surface area contributed by atoms with Gasteiger partial charge < -0.3 is 10.0 Å². The van der Waals surface area contributed by atoms with E-state index in [1.54, 1.807) is 6.07 Å². The molecule has 6 heteroatoms. The van der Waals surface area contributed by atoms with Gasteiger partial charge in [-0.15, -0.1) is 0 Å². The predicted octanol–water partition coefficient (Wildman–Crippen LogP) is 7.02. The van der Waals surface area contributed by atoms with Crippen molar-refractivity contribution >= 4 is 67.4 Å². The molecule has 1 unspecified atom stereocenters. The van der Waals surface area contributed by atoms with Crippen LogP contribution >= 0.6 is 34.8 Å². The number of benzene rings is 3. The van der Waals surface area contributed by atoms with Crippen molar-refractivity contribution in [2.75, 3.05) is 19.6 Å². The lowest BCUT2D eigenvalue weighted by Gasteiger charge is -2.29. The Morgan fingerprint density at radius 3 is 2.40 bits per heavy atom. The van der Waals surface area contributed by atoms with Crippen molar-refractivity contribution < 1.29 is 5.11 Å². The number of likely N-dealkylation sites (tertiary alicyclic amines) is 1. The number of β-amino-alcohol motifs (C(OH)–C–C–N with tert-alkyl or cyclic N) is 1. The molecule has 3 nitrogen and oxygen atoms in total. The Kier molecular flexibility index (Phi) is 5.51. The maximum Gasteiger partial charge on any atom is 0.0930 e. The summed E-state index contributed by atoms with van der Waals surface area (Å²) < 4.78 is 0. The molecule has 3 aromatic carbocycles. The van der Waals surface area contributed by atoms with Crippen LogP contribution in [0.1, 0.15) is 30.9 Å². The number of piperidine rings is 1. The third-order valence-corrected chi connectivity index (χ3v) is 6.74. The summed E-state index contributed by atoms with van der Waals surface area (Å²) in [6, 6.07) is 13.4. The largest absolute Gasteiger partial charge is 0.387 e. The Morgan fingerprint density at radius 1 is 0.833 bits per heavy atom. The van der Waals surface area contributed by atoms with Gasteiger partial charge in [-0.25, -0.2) is 4.98 Å². The number of pyridine rings is 1. The molecule has 0 aliphatic carbocycles. The fraction of sp³-hybridized carbons (Fsp3) is 0.292. The van der Waals surface area contributed by atoms with Gasteiger partial charge in [0.2, 0.25) is 0 Å². The zero-order chi connectivity index (χ0) is 20.8. The lowest BCUT2D eigenvalue weighted by Crippen LogP contribution is -2.33. The summed E-state index contributed by atoms with van der Waals surface area (Å²) in [5.41, 5.74) is 2.30. The second-order valence-electron chi connectivity index (χ2n) is 8.01. The lowest BCUT2D eigenvalue weighted by molar-refractivity contribution is 0.103. The number of halogens is 3. The molecule has 1 aliphatic heterocycles. The Hall–Kier alpha value is -1.62. The summed E-state index contributed by atoms with van der Waals surface area (Å²) in [7, 11) is 0. The van der Waals surface area contributed by atoms with Gasteiger partial charge in [-0.2, -0.15) is 0 Å². The van der Waals surface area contributed by atoms with Crippen molar-refractivity contribution in [2.24, 2.45) is 0 Å². The Balaban J connectivity index is 1.79. The van der Waals surface area contributed by atoms with E-state index in [9.17, 15) is 5.11 Å². The van der Waals surface area contributed by atoms with Crippen LogP contribution in [-0.2, 0) is 0 Å². The highest BCUT2D eigenvalue weighted by atomic mass is 35.5. The number of fused-ring (bicyclic) bond motifs is 4. The van der Waals surface area contributed by atoms with Crippen LogP contribution in [0, 0.1) is 0 Å². The number of aliphatic hydroxyl groups excluding tert-OH is 1. The van der Waals surface area contributed by atoms with Gasteiger partial charge in [-0.05, 0) is 55.6 Å². The average Bonchev–Trinajstić information content (AvgIpc) is 2.72. The normalized spacial score (nSPS) is 16.5. The van der Waals surface area contributed by atoms with Crippen LogP contribution < -0.4 is 0 Å². The average molecular weight is 460 g/mol. The minimum absolute atomic E-state index is 0.483. The first-order valence-electron chi connectivity index (χ1n) is 10.2. The molecule has 1 aromatic heterocycles. The van der Waals surface area contributed by atoms with E-state index in [0.29, 0.717) is 27.1 Å². The van der Waals surface area contributed by atoms with Gasteiger partial charge >= 0.3 is 0 Å². The van der Waals surface area contributed by atoms with Crippen molar-refractivity contribution in [3.8, 4) is 0 Å². The second-order valence-corrected chi connectivity index (χ2v) is 9.29. The van der Waals surface area contributed by atoms with Crippen LogP contribution in [0.3, 0.4) is 0 Å². The fourth-order valence-corrected chi connectivity index (χ4v) is 5.32. The van der Waals surface area contributed by atoms with Crippen molar-refractivity contribution in [3.63, 3.8) is 0 Å². The van der Waals surface area contributed by atoms with E-state index in [0.717, 1.165) is 45.7 Å². The molecule has 0 radical (unpaired) electrons. The van der Waals surface area contributed by atoms with Gasteiger partial charge in [0.1, 0.15) is 0 Å².